The average Bonchev–Trinajstić information content (AvgIpc) is 2.60. The van der Waals surface area contributed by atoms with Gasteiger partial charge in [-0.3, -0.25) is 4.79 Å². The number of anilines is 2. The highest BCUT2D eigenvalue weighted by Gasteiger charge is 2.16. The molecule has 7 nitrogen and oxygen atoms in total. The molecule has 0 saturated heterocycles. The molecule has 0 spiro atoms. The first-order valence-corrected chi connectivity index (χ1v) is 11.0. The van der Waals surface area contributed by atoms with E-state index in [4.69, 9.17) is 0 Å². The molecule has 0 aliphatic carbocycles. The minimum Gasteiger partial charge on any atom is -0.326 e. The number of benzene rings is 1. The smallest absolute Gasteiger partial charge is 0.264 e. The normalized spacial score (nSPS) is 11.2. The van der Waals surface area contributed by atoms with Crippen molar-refractivity contribution in [2.45, 2.75) is 64.2 Å². The molecule has 152 valence electrons. The predicted molar refractivity (Wildman–Crippen MR) is 111 cm³/mol. The van der Waals surface area contributed by atoms with E-state index < -0.39 is 10.0 Å². The number of nitrogens with zero attached hydrogens (tertiary/aromatic N) is 2. The maximum absolute atomic E-state index is 12.5. The molecule has 0 aliphatic rings. The van der Waals surface area contributed by atoms with E-state index in [0.717, 1.165) is 19.3 Å². The molecule has 0 bridgehead atoms. The van der Waals surface area contributed by atoms with Gasteiger partial charge in [0.2, 0.25) is 11.9 Å². The number of aromatic nitrogens is 2. The van der Waals surface area contributed by atoms with Gasteiger partial charge >= 0.3 is 0 Å². The number of hydrogen-bond donors (Lipinski definition) is 2. The molecule has 28 heavy (non-hydrogen) atoms. The molecule has 1 aromatic heterocycles. The Balaban J connectivity index is 1.94. The van der Waals surface area contributed by atoms with Crippen LogP contribution in [-0.4, -0.2) is 24.3 Å². The van der Waals surface area contributed by atoms with Gasteiger partial charge in [0.25, 0.3) is 10.0 Å². The molecule has 0 atom stereocenters. The van der Waals surface area contributed by atoms with Crippen molar-refractivity contribution < 1.29 is 13.2 Å². The van der Waals surface area contributed by atoms with E-state index in [1.165, 1.54) is 25.0 Å². The molecule has 8 heteroatoms. The Kier molecular flexibility index (Phi) is 7.92. The van der Waals surface area contributed by atoms with Crippen LogP contribution in [0.5, 0.6) is 0 Å². The minimum absolute atomic E-state index is 0.0398. The Hall–Kier alpha value is -2.48. The zero-order valence-corrected chi connectivity index (χ0v) is 17.5. The van der Waals surface area contributed by atoms with E-state index in [-0.39, 0.29) is 16.8 Å². The summed E-state index contributed by atoms with van der Waals surface area (Å²) in [6, 6.07) is 7.81. The second kappa shape index (κ2) is 10.2. The second-order valence-corrected chi connectivity index (χ2v) is 8.50. The fourth-order valence-corrected chi connectivity index (χ4v) is 3.72. The summed E-state index contributed by atoms with van der Waals surface area (Å²) in [5, 5.41) is 2.80. The number of sulfonamides is 1. The first-order valence-electron chi connectivity index (χ1n) is 9.55. The summed E-state index contributed by atoms with van der Waals surface area (Å²) >= 11 is 0. The third-order valence-corrected chi connectivity index (χ3v) is 5.51. The molecule has 0 aliphatic heterocycles. The number of hydrogen-bond acceptors (Lipinski definition) is 5. The molecule has 0 fully saturated rings. The monoisotopic (exact) mass is 404 g/mol. The van der Waals surface area contributed by atoms with E-state index in [9.17, 15) is 13.2 Å². The zero-order valence-electron chi connectivity index (χ0n) is 16.7. The van der Waals surface area contributed by atoms with Gasteiger partial charge in [0.15, 0.2) is 0 Å². The highest BCUT2D eigenvalue weighted by molar-refractivity contribution is 7.92. The molecule has 0 saturated carbocycles. The number of carbonyl (C=O) groups is 1. The van der Waals surface area contributed by atoms with Gasteiger partial charge in [0.05, 0.1) is 4.90 Å². The minimum atomic E-state index is -3.80. The highest BCUT2D eigenvalue weighted by Crippen LogP contribution is 2.17. The lowest BCUT2D eigenvalue weighted by Crippen LogP contribution is -2.16. The van der Waals surface area contributed by atoms with Gasteiger partial charge in [0.1, 0.15) is 0 Å². The van der Waals surface area contributed by atoms with Crippen LogP contribution in [0.3, 0.4) is 0 Å². The van der Waals surface area contributed by atoms with Crippen LogP contribution >= 0.6 is 0 Å². The van der Waals surface area contributed by atoms with Crippen molar-refractivity contribution in [3.8, 4) is 0 Å². The molecule has 2 N–H and O–H groups in total. The molecule has 1 amide bonds. The maximum atomic E-state index is 12.5. The van der Waals surface area contributed by atoms with Crippen molar-refractivity contribution in [1.29, 1.82) is 0 Å². The largest absolute Gasteiger partial charge is 0.326 e. The number of amides is 1. The molecule has 2 aromatic rings. The van der Waals surface area contributed by atoms with Crippen LogP contribution in [0.15, 0.2) is 35.2 Å². The quantitative estimate of drug-likeness (QED) is 0.578. The van der Waals surface area contributed by atoms with Gasteiger partial charge in [-0.1, -0.05) is 32.6 Å². The number of carbonyl (C=O) groups excluding carboxylic acids is 1. The van der Waals surface area contributed by atoms with Gasteiger partial charge in [-0.15, -0.1) is 0 Å². The van der Waals surface area contributed by atoms with Crippen LogP contribution < -0.4 is 10.0 Å². The van der Waals surface area contributed by atoms with Crippen molar-refractivity contribution in [2.24, 2.45) is 0 Å². The van der Waals surface area contributed by atoms with Crippen molar-refractivity contribution >= 4 is 27.6 Å². The summed E-state index contributed by atoms with van der Waals surface area (Å²) in [7, 11) is -3.80. The van der Waals surface area contributed by atoms with Gasteiger partial charge in [-0.2, -0.15) is 0 Å². The first kappa shape index (κ1) is 21.8. The third-order valence-electron chi connectivity index (χ3n) is 4.16. The Bertz CT molecular complexity index is 876. The molecule has 1 heterocycles. The first-order chi connectivity index (χ1) is 13.3. The van der Waals surface area contributed by atoms with Crippen LogP contribution in [0.25, 0.3) is 0 Å². The fraction of sp³-hybridized carbons (Fsp3) is 0.450. The van der Waals surface area contributed by atoms with Crippen LogP contribution in [0.2, 0.25) is 0 Å². The zero-order chi connectivity index (χ0) is 20.6. The van der Waals surface area contributed by atoms with Crippen LogP contribution in [0, 0.1) is 13.8 Å². The van der Waals surface area contributed by atoms with Crippen LogP contribution in [-0.2, 0) is 14.8 Å². The average molecular weight is 405 g/mol. The van der Waals surface area contributed by atoms with Crippen LogP contribution in [0.4, 0.5) is 11.6 Å². The Morgan fingerprint density at radius 2 is 1.57 bits per heavy atom. The van der Waals surface area contributed by atoms with E-state index >= 15 is 0 Å². The fourth-order valence-electron chi connectivity index (χ4n) is 2.78. The Morgan fingerprint density at radius 3 is 2.18 bits per heavy atom. The molecule has 0 unspecified atom stereocenters. The van der Waals surface area contributed by atoms with E-state index in [1.54, 1.807) is 32.0 Å². The lowest BCUT2D eigenvalue weighted by molar-refractivity contribution is -0.116. The predicted octanol–water partition coefficient (Wildman–Crippen LogP) is 4.19. The van der Waals surface area contributed by atoms with Gasteiger partial charge < -0.3 is 5.32 Å². The van der Waals surface area contributed by atoms with Crippen LogP contribution in [0.1, 0.15) is 56.8 Å². The summed E-state index contributed by atoms with van der Waals surface area (Å²) < 4.78 is 27.4. The maximum Gasteiger partial charge on any atom is 0.264 e. The van der Waals surface area contributed by atoms with E-state index in [1.807, 2.05) is 0 Å². The number of nitrogens with one attached hydrogen (secondary N) is 2. The summed E-state index contributed by atoms with van der Waals surface area (Å²) in [4.78, 5) is 20.2. The summed E-state index contributed by atoms with van der Waals surface area (Å²) in [5.74, 6) is -0.0215. The van der Waals surface area contributed by atoms with E-state index in [2.05, 4.69) is 26.9 Å². The highest BCUT2D eigenvalue weighted by atomic mass is 32.2. The van der Waals surface area contributed by atoms with Crippen molar-refractivity contribution in [3.63, 3.8) is 0 Å². The van der Waals surface area contributed by atoms with Crippen molar-refractivity contribution in [1.82, 2.24) is 9.97 Å². The lowest BCUT2D eigenvalue weighted by Gasteiger charge is -2.09. The SMILES string of the molecule is CCCCCCCC(=O)Nc1ccc(S(=O)(=O)Nc2nc(C)cc(C)n2)cc1. The van der Waals surface area contributed by atoms with Crippen molar-refractivity contribution in [2.75, 3.05) is 10.0 Å². The van der Waals surface area contributed by atoms with Gasteiger partial charge in [0, 0.05) is 23.5 Å². The van der Waals surface area contributed by atoms with Gasteiger partial charge in [-0.05, 0) is 50.6 Å². The second-order valence-electron chi connectivity index (χ2n) is 6.82. The lowest BCUT2D eigenvalue weighted by atomic mass is 10.1. The van der Waals surface area contributed by atoms with Crippen molar-refractivity contribution in [3.05, 3.63) is 41.7 Å². The Morgan fingerprint density at radius 1 is 0.964 bits per heavy atom. The Labute approximate surface area is 167 Å². The molecular weight excluding hydrogens is 376 g/mol. The molecule has 1 aromatic carbocycles. The molecule has 2 rings (SSSR count). The number of rotatable bonds is 10. The molecule has 0 radical (unpaired) electrons. The van der Waals surface area contributed by atoms with Gasteiger partial charge in [-0.25, -0.2) is 23.1 Å². The number of aryl methyl sites for hydroxylation is 2. The summed E-state index contributed by atoms with van der Waals surface area (Å²) in [5.41, 5.74) is 1.93. The van der Waals surface area contributed by atoms with E-state index in [0.29, 0.717) is 23.5 Å². The summed E-state index contributed by atoms with van der Waals surface area (Å²) in [6.07, 6.45) is 5.89. The summed E-state index contributed by atoms with van der Waals surface area (Å²) in [6.45, 7) is 5.70. The topological polar surface area (TPSA) is 101 Å². The third kappa shape index (κ3) is 6.92. The number of unbranched alkanes of at least 4 members (excludes halogenated alkanes) is 4. The standard InChI is InChI=1S/C20H28N4O3S/c1-4-5-6-7-8-9-19(25)23-17-10-12-18(13-11-17)28(26,27)24-20-21-15(2)14-16(3)22-20/h10-14H,4-9H2,1-3H3,(H,23,25)(H,21,22,24). The molecular formula is C20H28N4O3S.